The number of nitrogens with one attached hydrogen (secondary N) is 1. The van der Waals surface area contributed by atoms with Crippen molar-refractivity contribution in [2.45, 2.75) is 38.1 Å². The molecular weight excluding hydrogens is 256 g/mol. The molecule has 1 aliphatic rings. The van der Waals surface area contributed by atoms with Crippen LogP contribution < -0.4 is 11.1 Å². The minimum Gasteiger partial charge on any atom is -0.462 e. The number of hydrogen-bond acceptors (Lipinski definition) is 4. The van der Waals surface area contributed by atoms with E-state index < -0.39 is 5.54 Å². The summed E-state index contributed by atoms with van der Waals surface area (Å²) in [5, 5.41) is 2.78. The van der Waals surface area contributed by atoms with Gasteiger partial charge in [-0.1, -0.05) is 6.92 Å². The van der Waals surface area contributed by atoms with Crippen LogP contribution in [-0.4, -0.2) is 24.0 Å². The van der Waals surface area contributed by atoms with Crippen LogP contribution in [0, 0.1) is 0 Å². The highest BCUT2D eigenvalue weighted by Crippen LogP contribution is 2.30. The third-order valence-corrected chi connectivity index (χ3v) is 3.51. The van der Waals surface area contributed by atoms with E-state index in [4.69, 9.17) is 10.5 Å². The molecule has 0 aliphatic heterocycles. The zero-order chi connectivity index (χ0) is 14.6. The molecule has 0 aromatic heterocycles. The van der Waals surface area contributed by atoms with Crippen LogP contribution in [0.3, 0.4) is 0 Å². The van der Waals surface area contributed by atoms with Gasteiger partial charge in [-0.2, -0.15) is 0 Å². The lowest BCUT2D eigenvalue weighted by atomic mass is 9.77. The van der Waals surface area contributed by atoms with Gasteiger partial charge in [-0.25, -0.2) is 4.79 Å². The van der Waals surface area contributed by atoms with Gasteiger partial charge >= 0.3 is 5.97 Å². The fourth-order valence-electron chi connectivity index (χ4n) is 2.01. The number of esters is 1. The Labute approximate surface area is 118 Å². The monoisotopic (exact) mass is 276 g/mol. The number of benzene rings is 1. The zero-order valence-electron chi connectivity index (χ0n) is 11.6. The standard InChI is InChI=1S/C15H20N2O3/c1-2-10-20-13(18)11-4-6-12(7-5-11)17-14(19)15(16)8-3-9-15/h4-7H,2-3,8-10,16H2,1H3,(H,17,19). The zero-order valence-corrected chi connectivity index (χ0v) is 11.6. The van der Waals surface area contributed by atoms with Crippen LogP contribution >= 0.6 is 0 Å². The largest absolute Gasteiger partial charge is 0.462 e. The lowest BCUT2D eigenvalue weighted by Gasteiger charge is -2.36. The second-order valence-electron chi connectivity index (χ2n) is 5.18. The molecule has 20 heavy (non-hydrogen) atoms. The third kappa shape index (κ3) is 3.17. The fraction of sp³-hybridized carbons (Fsp3) is 0.467. The first kappa shape index (κ1) is 14.5. The predicted molar refractivity (Wildman–Crippen MR) is 76.4 cm³/mol. The fourth-order valence-corrected chi connectivity index (χ4v) is 2.01. The van der Waals surface area contributed by atoms with Crippen molar-refractivity contribution in [1.29, 1.82) is 0 Å². The molecule has 0 unspecified atom stereocenters. The summed E-state index contributed by atoms with van der Waals surface area (Å²) in [7, 11) is 0. The molecule has 5 nitrogen and oxygen atoms in total. The van der Waals surface area contributed by atoms with Crippen molar-refractivity contribution < 1.29 is 14.3 Å². The minimum absolute atomic E-state index is 0.162. The van der Waals surface area contributed by atoms with E-state index in [1.807, 2.05) is 6.92 Å². The second-order valence-corrected chi connectivity index (χ2v) is 5.18. The molecule has 1 aliphatic carbocycles. The van der Waals surface area contributed by atoms with Crippen molar-refractivity contribution in [3.05, 3.63) is 29.8 Å². The minimum atomic E-state index is -0.723. The highest BCUT2D eigenvalue weighted by molar-refractivity contribution is 5.99. The summed E-state index contributed by atoms with van der Waals surface area (Å²) in [5.41, 5.74) is 6.33. The van der Waals surface area contributed by atoms with E-state index in [0.717, 1.165) is 25.7 Å². The smallest absolute Gasteiger partial charge is 0.338 e. The molecule has 1 amide bonds. The van der Waals surface area contributed by atoms with Gasteiger partial charge in [-0.05, 0) is 49.9 Å². The SMILES string of the molecule is CCCOC(=O)c1ccc(NC(=O)C2(N)CCC2)cc1. The van der Waals surface area contributed by atoms with Gasteiger partial charge in [0.05, 0.1) is 17.7 Å². The number of carbonyl (C=O) groups excluding carboxylic acids is 2. The molecule has 3 N–H and O–H groups in total. The van der Waals surface area contributed by atoms with Crippen LogP contribution in [0.4, 0.5) is 5.69 Å². The van der Waals surface area contributed by atoms with E-state index in [1.165, 1.54) is 0 Å². The van der Waals surface area contributed by atoms with Gasteiger partial charge in [-0.15, -0.1) is 0 Å². The third-order valence-electron chi connectivity index (χ3n) is 3.51. The summed E-state index contributed by atoms with van der Waals surface area (Å²) in [6, 6.07) is 6.64. The molecule has 0 bridgehead atoms. The van der Waals surface area contributed by atoms with E-state index in [9.17, 15) is 9.59 Å². The Hall–Kier alpha value is -1.88. The number of nitrogens with two attached hydrogens (primary N) is 1. The van der Waals surface area contributed by atoms with Crippen molar-refractivity contribution in [2.24, 2.45) is 5.73 Å². The van der Waals surface area contributed by atoms with Gasteiger partial charge in [0.1, 0.15) is 0 Å². The number of carbonyl (C=O) groups is 2. The second kappa shape index (κ2) is 6.05. The molecule has 2 rings (SSSR count). The molecule has 0 spiro atoms. The van der Waals surface area contributed by atoms with Crippen molar-refractivity contribution in [3.63, 3.8) is 0 Å². The van der Waals surface area contributed by atoms with Crippen molar-refractivity contribution in [3.8, 4) is 0 Å². The quantitative estimate of drug-likeness (QED) is 0.807. The number of rotatable bonds is 5. The van der Waals surface area contributed by atoms with Gasteiger partial charge in [0.25, 0.3) is 0 Å². The highest BCUT2D eigenvalue weighted by Gasteiger charge is 2.40. The Morgan fingerprint density at radius 3 is 2.45 bits per heavy atom. The van der Waals surface area contributed by atoms with E-state index in [0.29, 0.717) is 17.9 Å². The van der Waals surface area contributed by atoms with Crippen LogP contribution in [0.25, 0.3) is 0 Å². The summed E-state index contributed by atoms with van der Waals surface area (Å²) in [6.45, 7) is 2.35. The first-order chi connectivity index (χ1) is 9.55. The van der Waals surface area contributed by atoms with E-state index in [-0.39, 0.29) is 11.9 Å². The van der Waals surface area contributed by atoms with Crippen molar-refractivity contribution >= 4 is 17.6 Å². The summed E-state index contributed by atoms with van der Waals surface area (Å²) in [5.74, 6) is -0.510. The van der Waals surface area contributed by atoms with E-state index in [1.54, 1.807) is 24.3 Å². The average molecular weight is 276 g/mol. The molecule has 0 atom stereocenters. The van der Waals surface area contributed by atoms with Gasteiger partial charge < -0.3 is 15.8 Å². The van der Waals surface area contributed by atoms with Crippen LogP contribution in [0.1, 0.15) is 43.0 Å². The molecule has 1 fully saturated rings. The lowest BCUT2D eigenvalue weighted by Crippen LogP contribution is -2.56. The first-order valence-electron chi connectivity index (χ1n) is 6.93. The Balaban J connectivity index is 1.94. The molecule has 0 radical (unpaired) electrons. The maximum Gasteiger partial charge on any atom is 0.338 e. The summed E-state index contributed by atoms with van der Waals surface area (Å²) < 4.78 is 5.03. The summed E-state index contributed by atoms with van der Waals surface area (Å²) in [4.78, 5) is 23.6. The Kier molecular flexibility index (Phi) is 4.39. The number of anilines is 1. The van der Waals surface area contributed by atoms with Crippen LogP contribution in [0.5, 0.6) is 0 Å². The van der Waals surface area contributed by atoms with Gasteiger partial charge in [0.2, 0.25) is 5.91 Å². The molecule has 1 aromatic carbocycles. The van der Waals surface area contributed by atoms with Crippen LogP contribution in [0.2, 0.25) is 0 Å². The molecule has 0 saturated heterocycles. The van der Waals surface area contributed by atoms with Gasteiger partial charge in [-0.3, -0.25) is 4.79 Å². The van der Waals surface area contributed by atoms with Crippen molar-refractivity contribution in [2.75, 3.05) is 11.9 Å². The van der Waals surface area contributed by atoms with Gasteiger partial charge in [0, 0.05) is 5.69 Å². The van der Waals surface area contributed by atoms with Crippen molar-refractivity contribution in [1.82, 2.24) is 0 Å². The van der Waals surface area contributed by atoms with Crippen LogP contribution in [-0.2, 0) is 9.53 Å². The lowest BCUT2D eigenvalue weighted by molar-refractivity contribution is -0.123. The average Bonchev–Trinajstić information content (AvgIpc) is 2.42. The first-order valence-corrected chi connectivity index (χ1v) is 6.93. The number of hydrogen-bond donors (Lipinski definition) is 2. The highest BCUT2D eigenvalue weighted by atomic mass is 16.5. The predicted octanol–water partition coefficient (Wildman–Crippen LogP) is 2.07. The molecule has 1 saturated carbocycles. The van der Waals surface area contributed by atoms with E-state index >= 15 is 0 Å². The number of amides is 1. The molecular formula is C15H20N2O3. The Morgan fingerprint density at radius 2 is 1.95 bits per heavy atom. The normalized spacial score (nSPS) is 16.1. The maximum absolute atomic E-state index is 11.9. The number of ether oxygens (including phenoxy) is 1. The van der Waals surface area contributed by atoms with Gasteiger partial charge in [0.15, 0.2) is 0 Å². The molecule has 1 aromatic rings. The Morgan fingerprint density at radius 1 is 1.30 bits per heavy atom. The molecule has 108 valence electrons. The van der Waals surface area contributed by atoms with Crippen LogP contribution in [0.15, 0.2) is 24.3 Å². The Bertz CT molecular complexity index is 492. The summed E-state index contributed by atoms with van der Waals surface area (Å²) >= 11 is 0. The summed E-state index contributed by atoms with van der Waals surface area (Å²) in [6.07, 6.45) is 3.23. The molecule has 0 heterocycles. The molecule has 5 heteroatoms. The maximum atomic E-state index is 11.9. The van der Waals surface area contributed by atoms with E-state index in [2.05, 4.69) is 5.32 Å². The topological polar surface area (TPSA) is 81.4 Å².